The number of methoxy groups -OCH3 is 1. The second-order valence-electron chi connectivity index (χ2n) is 8.00. The average Bonchev–Trinajstić information content (AvgIpc) is 3.21. The molecule has 3 heterocycles. The molecule has 6 heteroatoms. The number of carbonyl (C=O) groups excluding carboxylic acids is 1. The molecule has 4 aromatic rings. The highest BCUT2D eigenvalue weighted by Gasteiger charge is 2.22. The van der Waals surface area contributed by atoms with Gasteiger partial charge in [-0.15, -0.1) is 0 Å². The number of aryl methyl sites for hydroxylation is 2. The van der Waals surface area contributed by atoms with E-state index in [4.69, 9.17) is 19.4 Å². The standard InChI is InChI=1S/C26H25N3O3/c1-17(30)19-9-6-10-24-20(19)15-25(31-2)29(24)26-27-22(12-11-18-7-4-3-5-8-18)21-16-32-14-13-23(21)28-26/h3-10,15H,11-14,16H2,1-2H3. The number of nitrogens with zero attached hydrogens (tertiary/aromatic N) is 3. The molecular formula is C26H25N3O3. The zero-order chi connectivity index (χ0) is 22.1. The van der Waals surface area contributed by atoms with Gasteiger partial charge >= 0.3 is 0 Å². The van der Waals surface area contributed by atoms with Crippen molar-refractivity contribution in [2.24, 2.45) is 0 Å². The fourth-order valence-corrected chi connectivity index (χ4v) is 4.37. The number of aromatic nitrogens is 3. The summed E-state index contributed by atoms with van der Waals surface area (Å²) >= 11 is 0. The van der Waals surface area contributed by atoms with Crippen LogP contribution in [0.15, 0.2) is 54.6 Å². The minimum atomic E-state index is 0.0162. The molecule has 0 spiro atoms. The first-order chi connectivity index (χ1) is 15.7. The molecule has 0 bridgehead atoms. The Bertz CT molecular complexity index is 1290. The van der Waals surface area contributed by atoms with Crippen LogP contribution in [0.4, 0.5) is 0 Å². The van der Waals surface area contributed by atoms with E-state index in [-0.39, 0.29) is 5.78 Å². The quantitative estimate of drug-likeness (QED) is 0.424. The number of carbonyl (C=O) groups is 1. The summed E-state index contributed by atoms with van der Waals surface area (Å²) < 4.78 is 13.3. The highest BCUT2D eigenvalue weighted by molar-refractivity contribution is 6.07. The van der Waals surface area contributed by atoms with Crippen LogP contribution in [0, 0.1) is 0 Å². The Labute approximate surface area is 186 Å². The number of ketones is 1. The summed E-state index contributed by atoms with van der Waals surface area (Å²) in [5.74, 6) is 1.19. The van der Waals surface area contributed by atoms with Crippen LogP contribution in [-0.4, -0.2) is 34.0 Å². The first-order valence-corrected chi connectivity index (χ1v) is 10.9. The Balaban J connectivity index is 1.64. The van der Waals surface area contributed by atoms with Crippen molar-refractivity contribution in [3.63, 3.8) is 0 Å². The third-order valence-electron chi connectivity index (χ3n) is 5.99. The van der Waals surface area contributed by atoms with E-state index in [1.165, 1.54) is 5.56 Å². The van der Waals surface area contributed by atoms with Crippen LogP contribution < -0.4 is 4.74 Å². The van der Waals surface area contributed by atoms with Gasteiger partial charge in [0.2, 0.25) is 11.8 Å². The molecule has 1 aliphatic rings. The SMILES string of the molecule is COc1cc2c(C(C)=O)cccc2n1-c1nc2c(c(CCc3ccccc3)n1)COCC2. The van der Waals surface area contributed by atoms with Crippen molar-refractivity contribution < 1.29 is 14.3 Å². The third kappa shape index (κ3) is 3.67. The summed E-state index contributed by atoms with van der Waals surface area (Å²) in [5, 5.41) is 0.840. The summed E-state index contributed by atoms with van der Waals surface area (Å²) in [5.41, 5.74) is 5.91. The van der Waals surface area contributed by atoms with Crippen molar-refractivity contribution in [3.05, 3.63) is 82.7 Å². The van der Waals surface area contributed by atoms with Gasteiger partial charge in [0.25, 0.3) is 0 Å². The highest BCUT2D eigenvalue weighted by Crippen LogP contribution is 2.32. The molecule has 5 rings (SSSR count). The molecule has 6 nitrogen and oxygen atoms in total. The number of benzene rings is 2. The molecule has 0 aliphatic carbocycles. The van der Waals surface area contributed by atoms with Crippen molar-refractivity contribution in [1.29, 1.82) is 0 Å². The van der Waals surface area contributed by atoms with Crippen LogP contribution >= 0.6 is 0 Å². The van der Waals surface area contributed by atoms with Gasteiger partial charge in [0.05, 0.1) is 37.2 Å². The molecular weight excluding hydrogens is 402 g/mol. The first kappa shape index (κ1) is 20.4. The van der Waals surface area contributed by atoms with Crippen LogP contribution in [0.25, 0.3) is 16.9 Å². The van der Waals surface area contributed by atoms with E-state index >= 15 is 0 Å². The topological polar surface area (TPSA) is 66.2 Å². The molecule has 2 aromatic heterocycles. The summed E-state index contributed by atoms with van der Waals surface area (Å²) in [6, 6.07) is 18.0. The van der Waals surface area contributed by atoms with Crippen LogP contribution in [0.2, 0.25) is 0 Å². The summed E-state index contributed by atoms with van der Waals surface area (Å²) in [4.78, 5) is 22.1. The molecule has 2 aromatic carbocycles. The predicted molar refractivity (Wildman–Crippen MR) is 123 cm³/mol. The van der Waals surface area contributed by atoms with Crippen molar-refractivity contribution in [1.82, 2.24) is 14.5 Å². The summed E-state index contributed by atoms with van der Waals surface area (Å²) in [7, 11) is 1.63. The van der Waals surface area contributed by atoms with Gasteiger partial charge < -0.3 is 9.47 Å². The molecule has 0 saturated heterocycles. The van der Waals surface area contributed by atoms with E-state index < -0.39 is 0 Å². The Kier molecular flexibility index (Phi) is 5.45. The van der Waals surface area contributed by atoms with Crippen LogP contribution in [0.5, 0.6) is 5.88 Å². The summed E-state index contributed by atoms with van der Waals surface area (Å²) in [6.45, 7) is 2.77. The first-order valence-electron chi connectivity index (χ1n) is 10.9. The second-order valence-corrected chi connectivity index (χ2v) is 8.00. The molecule has 0 radical (unpaired) electrons. The van der Waals surface area contributed by atoms with Gasteiger partial charge in [-0.25, -0.2) is 14.5 Å². The molecule has 0 unspecified atom stereocenters. The van der Waals surface area contributed by atoms with Gasteiger partial charge in [0.1, 0.15) is 0 Å². The lowest BCUT2D eigenvalue weighted by Gasteiger charge is -2.20. The van der Waals surface area contributed by atoms with Gasteiger partial charge in [-0.1, -0.05) is 42.5 Å². The lowest BCUT2D eigenvalue weighted by atomic mass is 10.0. The molecule has 0 fully saturated rings. The van der Waals surface area contributed by atoms with Crippen molar-refractivity contribution in [3.8, 4) is 11.8 Å². The molecule has 32 heavy (non-hydrogen) atoms. The zero-order valence-electron chi connectivity index (χ0n) is 18.3. The van der Waals surface area contributed by atoms with Gasteiger partial charge in [0, 0.05) is 29.0 Å². The molecule has 0 saturated carbocycles. The molecule has 1 aliphatic heterocycles. The fraction of sp³-hybridized carbons (Fsp3) is 0.269. The maximum Gasteiger partial charge on any atom is 0.237 e. The summed E-state index contributed by atoms with van der Waals surface area (Å²) in [6.07, 6.45) is 2.44. The lowest BCUT2D eigenvalue weighted by Crippen LogP contribution is -2.19. The van der Waals surface area contributed by atoms with Crippen molar-refractivity contribution >= 4 is 16.7 Å². The van der Waals surface area contributed by atoms with Crippen LogP contribution in [0.3, 0.4) is 0 Å². The van der Waals surface area contributed by atoms with Gasteiger partial charge in [-0.05, 0) is 31.4 Å². The van der Waals surface area contributed by atoms with Crippen molar-refractivity contribution in [2.45, 2.75) is 32.8 Å². The van der Waals surface area contributed by atoms with Gasteiger partial charge in [-0.3, -0.25) is 4.79 Å². The number of fused-ring (bicyclic) bond motifs is 2. The fourth-order valence-electron chi connectivity index (χ4n) is 4.37. The zero-order valence-corrected chi connectivity index (χ0v) is 18.3. The Morgan fingerprint density at radius 2 is 1.94 bits per heavy atom. The number of rotatable bonds is 6. The number of Topliss-reactive ketones (excluding diaryl/α,β-unsaturated/α-hetero) is 1. The maximum absolute atomic E-state index is 12.2. The second kappa shape index (κ2) is 8.55. The Hall–Kier alpha value is -3.51. The van der Waals surface area contributed by atoms with Crippen LogP contribution in [-0.2, 0) is 30.6 Å². The van der Waals surface area contributed by atoms with E-state index in [0.29, 0.717) is 30.6 Å². The van der Waals surface area contributed by atoms with E-state index in [9.17, 15) is 4.79 Å². The number of ether oxygens (including phenoxy) is 2. The van der Waals surface area contributed by atoms with E-state index in [1.807, 2.05) is 34.9 Å². The number of hydrogen-bond donors (Lipinski definition) is 0. The Morgan fingerprint density at radius 3 is 2.72 bits per heavy atom. The largest absolute Gasteiger partial charge is 0.482 e. The van der Waals surface area contributed by atoms with E-state index in [0.717, 1.165) is 47.1 Å². The third-order valence-corrected chi connectivity index (χ3v) is 5.99. The van der Waals surface area contributed by atoms with Gasteiger partial charge in [-0.2, -0.15) is 0 Å². The van der Waals surface area contributed by atoms with Crippen LogP contribution in [0.1, 0.15) is 39.8 Å². The molecule has 0 amide bonds. The minimum absolute atomic E-state index is 0.0162. The predicted octanol–water partition coefficient (Wildman–Crippen LogP) is 4.49. The Morgan fingerprint density at radius 1 is 1.09 bits per heavy atom. The molecule has 162 valence electrons. The lowest BCUT2D eigenvalue weighted by molar-refractivity contribution is 0.101. The number of hydrogen-bond acceptors (Lipinski definition) is 5. The smallest absolute Gasteiger partial charge is 0.237 e. The van der Waals surface area contributed by atoms with Gasteiger partial charge in [0.15, 0.2) is 5.78 Å². The maximum atomic E-state index is 12.2. The highest BCUT2D eigenvalue weighted by atomic mass is 16.5. The monoisotopic (exact) mass is 427 g/mol. The molecule has 0 atom stereocenters. The van der Waals surface area contributed by atoms with E-state index in [1.54, 1.807) is 14.0 Å². The molecule has 0 N–H and O–H groups in total. The normalized spacial score (nSPS) is 13.2. The van der Waals surface area contributed by atoms with Crippen molar-refractivity contribution in [2.75, 3.05) is 13.7 Å². The average molecular weight is 428 g/mol. The van der Waals surface area contributed by atoms with E-state index in [2.05, 4.69) is 24.3 Å². The minimum Gasteiger partial charge on any atom is -0.482 e.